The van der Waals surface area contributed by atoms with Gasteiger partial charge in [0, 0.05) is 29.7 Å². The lowest BCUT2D eigenvalue weighted by molar-refractivity contribution is 0.268. The van der Waals surface area contributed by atoms with Crippen molar-refractivity contribution in [2.45, 2.75) is 33.5 Å². The van der Waals surface area contributed by atoms with Gasteiger partial charge in [-0.05, 0) is 42.7 Å². The van der Waals surface area contributed by atoms with Crippen LogP contribution in [0.2, 0.25) is 5.02 Å². The molecule has 0 amide bonds. The summed E-state index contributed by atoms with van der Waals surface area (Å²) in [5, 5.41) is 4.07. The second kappa shape index (κ2) is 10.9. The van der Waals surface area contributed by atoms with Crippen LogP contribution in [0.15, 0.2) is 60.7 Å². The largest absolute Gasteiger partial charge is 0.496 e. The smallest absolute Gasteiger partial charge is 0.163 e. The van der Waals surface area contributed by atoms with Crippen molar-refractivity contribution < 1.29 is 14.2 Å². The molecule has 0 spiro atoms. The second-order valence-corrected chi connectivity index (χ2v) is 7.36. The van der Waals surface area contributed by atoms with E-state index in [9.17, 15) is 0 Å². The molecule has 0 unspecified atom stereocenters. The molecule has 5 heteroatoms. The quantitative estimate of drug-likeness (QED) is 0.437. The van der Waals surface area contributed by atoms with E-state index in [1.165, 1.54) is 5.56 Å². The van der Waals surface area contributed by atoms with Gasteiger partial charge in [0.05, 0.1) is 13.7 Å². The van der Waals surface area contributed by atoms with Gasteiger partial charge < -0.3 is 19.5 Å². The molecule has 0 saturated heterocycles. The fraction of sp³-hybridized carbons (Fsp3) is 0.280. The van der Waals surface area contributed by atoms with Gasteiger partial charge in [0.1, 0.15) is 12.4 Å². The average molecular weight is 426 g/mol. The molecule has 3 rings (SSSR count). The van der Waals surface area contributed by atoms with Gasteiger partial charge in [0.15, 0.2) is 11.5 Å². The van der Waals surface area contributed by atoms with E-state index in [1.54, 1.807) is 7.11 Å². The van der Waals surface area contributed by atoms with Gasteiger partial charge in [-0.3, -0.25) is 0 Å². The third-order valence-electron chi connectivity index (χ3n) is 4.88. The van der Waals surface area contributed by atoms with Gasteiger partial charge in [-0.15, -0.1) is 0 Å². The summed E-state index contributed by atoms with van der Waals surface area (Å²) < 4.78 is 17.3. The number of methoxy groups -OCH3 is 1. The van der Waals surface area contributed by atoms with Gasteiger partial charge in [-0.1, -0.05) is 54.1 Å². The summed E-state index contributed by atoms with van der Waals surface area (Å²) in [6, 6.07) is 19.9. The van der Waals surface area contributed by atoms with Crippen molar-refractivity contribution in [1.82, 2.24) is 5.32 Å². The molecule has 0 fully saturated rings. The number of benzene rings is 3. The van der Waals surface area contributed by atoms with Gasteiger partial charge in [-0.2, -0.15) is 0 Å². The number of nitrogens with one attached hydrogen (secondary N) is 1. The second-order valence-electron chi connectivity index (χ2n) is 6.95. The molecule has 1 N–H and O–H groups in total. The predicted octanol–water partition coefficient (Wildman–Crippen LogP) is 5.92. The van der Waals surface area contributed by atoms with Crippen molar-refractivity contribution in [2.75, 3.05) is 13.7 Å². The lowest BCUT2D eigenvalue weighted by Gasteiger charge is -2.16. The van der Waals surface area contributed by atoms with Gasteiger partial charge >= 0.3 is 0 Å². The summed E-state index contributed by atoms with van der Waals surface area (Å²) >= 11 is 6.55. The summed E-state index contributed by atoms with van der Waals surface area (Å²) in [5.74, 6) is 2.22. The SMILES string of the molecule is CCOc1cc(CNCc2ccccc2OC)c(Cl)cc1OCc1ccccc1C. The van der Waals surface area contributed by atoms with E-state index >= 15 is 0 Å². The van der Waals surface area contributed by atoms with E-state index < -0.39 is 0 Å². The molecule has 0 aliphatic rings. The summed E-state index contributed by atoms with van der Waals surface area (Å²) in [4.78, 5) is 0. The van der Waals surface area contributed by atoms with E-state index in [0.717, 1.165) is 22.4 Å². The van der Waals surface area contributed by atoms with Crippen LogP contribution in [-0.2, 0) is 19.7 Å². The maximum atomic E-state index is 6.55. The topological polar surface area (TPSA) is 39.7 Å². The van der Waals surface area contributed by atoms with Crippen LogP contribution in [0, 0.1) is 6.92 Å². The zero-order chi connectivity index (χ0) is 21.3. The Hall–Kier alpha value is -2.69. The minimum Gasteiger partial charge on any atom is -0.496 e. The first kappa shape index (κ1) is 22.0. The van der Waals surface area contributed by atoms with Crippen molar-refractivity contribution in [3.05, 3.63) is 87.9 Å². The number of aryl methyl sites for hydroxylation is 1. The molecule has 3 aromatic rings. The molecular weight excluding hydrogens is 398 g/mol. The normalized spacial score (nSPS) is 10.7. The van der Waals surface area contributed by atoms with Crippen molar-refractivity contribution in [3.8, 4) is 17.2 Å². The monoisotopic (exact) mass is 425 g/mol. The zero-order valence-electron chi connectivity index (χ0n) is 17.7. The fourth-order valence-corrected chi connectivity index (χ4v) is 3.42. The Morgan fingerprint density at radius 2 is 1.47 bits per heavy atom. The third-order valence-corrected chi connectivity index (χ3v) is 5.23. The summed E-state index contributed by atoms with van der Waals surface area (Å²) in [6.07, 6.45) is 0. The molecule has 158 valence electrons. The molecule has 0 aliphatic heterocycles. The highest BCUT2D eigenvalue weighted by Crippen LogP contribution is 2.34. The fourth-order valence-electron chi connectivity index (χ4n) is 3.20. The Labute approximate surface area is 183 Å². The standard InChI is InChI=1S/C25H28ClNO3/c1-4-29-24-13-21(16-27-15-19-10-7-8-12-23(19)28-3)22(26)14-25(24)30-17-20-11-6-5-9-18(20)2/h5-14,27H,4,15-17H2,1-3H3. The molecular formula is C25H28ClNO3. The minimum absolute atomic E-state index is 0.467. The molecule has 0 bridgehead atoms. The molecule has 0 aromatic heterocycles. The van der Waals surface area contributed by atoms with Crippen molar-refractivity contribution in [2.24, 2.45) is 0 Å². The highest BCUT2D eigenvalue weighted by molar-refractivity contribution is 6.31. The van der Waals surface area contributed by atoms with Crippen LogP contribution in [0.3, 0.4) is 0 Å². The number of halogens is 1. The summed E-state index contributed by atoms with van der Waals surface area (Å²) in [7, 11) is 1.68. The maximum Gasteiger partial charge on any atom is 0.163 e. The Morgan fingerprint density at radius 3 is 2.20 bits per heavy atom. The van der Waals surface area contributed by atoms with Crippen LogP contribution in [0.4, 0.5) is 0 Å². The minimum atomic E-state index is 0.467. The highest BCUT2D eigenvalue weighted by Gasteiger charge is 2.12. The average Bonchev–Trinajstić information content (AvgIpc) is 2.76. The van der Waals surface area contributed by atoms with E-state index in [4.69, 9.17) is 25.8 Å². The number of ether oxygens (including phenoxy) is 3. The molecule has 0 heterocycles. The van der Waals surface area contributed by atoms with Crippen LogP contribution >= 0.6 is 11.6 Å². The number of para-hydroxylation sites is 1. The maximum absolute atomic E-state index is 6.55. The van der Waals surface area contributed by atoms with E-state index in [2.05, 4.69) is 24.4 Å². The first-order chi connectivity index (χ1) is 14.6. The summed E-state index contributed by atoms with van der Waals surface area (Å²) in [5.41, 5.74) is 4.38. The molecule has 30 heavy (non-hydrogen) atoms. The van der Waals surface area contributed by atoms with Crippen molar-refractivity contribution in [1.29, 1.82) is 0 Å². The van der Waals surface area contributed by atoms with Crippen LogP contribution in [0.5, 0.6) is 17.2 Å². The zero-order valence-corrected chi connectivity index (χ0v) is 18.5. The lowest BCUT2D eigenvalue weighted by atomic mass is 10.1. The van der Waals surface area contributed by atoms with E-state index in [-0.39, 0.29) is 0 Å². The Bertz CT molecular complexity index is 974. The molecule has 3 aromatic carbocycles. The van der Waals surface area contributed by atoms with Gasteiger partial charge in [-0.25, -0.2) is 0 Å². The summed E-state index contributed by atoms with van der Waals surface area (Å²) in [6.45, 7) is 6.33. The first-order valence-electron chi connectivity index (χ1n) is 10.1. The molecule has 0 radical (unpaired) electrons. The van der Waals surface area contributed by atoms with Crippen molar-refractivity contribution in [3.63, 3.8) is 0 Å². The number of rotatable bonds is 10. The molecule has 0 saturated carbocycles. The van der Waals surface area contributed by atoms with Crippen LogP contribution in [-0.4, -0.2) is 13.7 Å². The van der Waals surface area contributed by atoms with Gasteiger partial charge in [0.2, 0.25) is 0 Å². The first-order valence-corrected chi connectivity index (χ1v) is 10.4. The van der Waals surface area contributed by atoms with E-state index in [1.807, 2.05) is 55.5 Å². The molecule has 0 aliphatic carbocycles. The Morgan fingerprint density at radius 1 is 0.800 bits per heavy atom. The molecule has 0 atom stereocenters. The van der Waals surface area contributed by atoms with Crippen LogP contribution in [0.25, 0.3) is 0 Å². The van der Waals surface area contributed by atoms with E-state index in [0.29, 0.717) is 42.8 Å². The van der Waals surface area contributed by atoms with Crippen LogP contribution in [0.1, 0.15) is 29.2 Å². The number of hydrogen-bond acceptors (Lipinski definition) is 4. The number of hydrogen-bond donors (Lipinski definition) is 1. The van der Waals surface area contributed by atoms with Crippen LogP contribution < -0.4 is 19.5 Å². The predicted molar refractivity (Wildman–Crippen MR) is 122 cm³/mol. The van der Waals surface area contributed by atoms with Crippen molar-refractivity contribution >= 4 is 11.6 Å². The Kier molecular flexibility index (Phi) is 8.00. The lowest BCUT2D eigenvalue weighted by Crippen LogP contribution is -2.14. The third kappa shape index (κ3) is 5.68. The highest BCUT2D eigenvalue weighted by atomic mass is 35.5. The van der Waals surface area contributed by atoms with Gasteiger partial charge in [0.25, 0.3) is 0 Å². The Balaban J connectivity index is 1.70. The molecule has 4 nitrogen and oxygen atoms in total.